The van der Waals surface area contributed by atoms with Crippen LogP contribution in [0.15, 0.2) is 18.5 Å². The van der Waals surface area contributed by atoms with Gasteiger partial charge in [0.15, 0.2) is 0 Å². The van der Waals surface area contributed by atoms with Gasteiger partial charge < -0.3 is 10.2 Å². The summed E-state index contributed by atoms with van der Waals surface area (Å²) in [5.41, 5.74) is 0. The lowest BCUT2D eigenvalue weighted by Crippen LogP contribution is -2.50. The van der Waals surface area contributed by atoms with Crippen molar-refractivity contribution in [2.75, 3.05) is 20.1 Å². The van der Waals surface area contributed by atoms with Crippen LogP contribution in [0.1, 0.15) is 32.2 Å². The predicted molar refractivity (Wildman–Crippen MR) is 70.2 cm³/mol. The number of carbonyl (C=O) groups excluding carboxylic acids is 1. The molecule has 1 aromatic rings. The molecule has 5 nitrogen and oxygen atoms in total. The van der Waals surface area contributed by atoms with E-state index in [2.05, 4.69) is 10.4 Å². The topological polar surface area (TPSA) is 50.2 Å². The van der Waals surface area contributed by atoms with Crippen molar-refractivity contribution < 1.29 is 4.79 Å². The van der Waals surface area contributed by atoms with Crippen LogP contribution in [0.3, 0.4) is 0 Å². The number of rotatable bonds is 4. The Hall–Kier alpha value is -1.36. The molecule has 2 rings (SSSR count). The van der Waals surface area contributed by atoms with E-state index in [4.69, 9.17) is 0 Å². The number of piperidine rings is 1. The molecule has 1 amide bonds. The molecule has 2 unspecified atom stereocenters. The average molecular weight is 250 g/mol. The second-order valence-corrected chi connectivity index (χ2v) is 4.90. The normalized spacial score (nSPS) is 21.9. The van der Waals surface area contributed by atoms with E-state index in [1.165, 1.54) is 6.42 Å². The Morgan fingerprint density at radius 3 is 3.06 bits per heavy atom. The van der Waals surface area contributed by atoms with Crippen LogP contribution < -0.4 is 5.32 Å². The molecule has 0 aliphatic carbocycles. The van der Waals surface area contributed by atoms with Gasteiger partial charge in [0.25, 0.3) is 0 Å². The summed E-state index contributed by atoms with van der Waals surface area (Å²) >= 11 is 0. The quantitative estimate of drug-likeness (QED) is 0.869. The van der Waals surface area contributed by atoms with Gasteiger partial charge in [-0.15, -0.1) is 0 Å². The number of aromatic nitrogens is 2. The van der Waals surface area contributed by atoms with Gasteiger partial charge in [-0.2, -0.15) is 5.10 Å². The largest absolute Gasteiger partial charge is 0.337 e. The molecule has 0 aromatic carbocycles. The number of hydrogen-bond donors (Lipinski definition) is 1. The first-order chi connectivity index (χ1) is 8.74. The fraction of sp³-hybridized carbons (Fsp3) is 0.692. The van der Waals surface area contributed by atoms with Crippen LogP contribution in [0.5, 0.6) is 0 Å². The van der Waals surface area contributed by atoms with Crippen molar-refractivity contribution in [3.63, 3.8) is 0 Å². The van der Waals surface area contributed by atoms with Crippen LogP contribution in [0, 0.1) is 0 Å². The molecule has 1 saturated heterocycles. The van der Waals surface area contributed by atoms with Crippen LogP contribution in [-0.4, -0.2) is 46.8 Å². The standard InChI is InChI=1S/C13H22N4O/c1-11(17-9-5-7-15-17)13(18)16-8-4-3-6-12(16)10-14-2/h5,7,9,11-12,14H,3-4,6,8,10H2,1-2H3. The summed E-state index contributed by atoms with van der Waals surface area (Å²) < 4.78 is 1.73. The average Bonchev–Trinajstić information content (AvgIpc) is 2.92. The van der Waals surface area contributed by atoms with E-state index >= 15 is 0 Å². The van der Waals surface area contributed by atoms with Crippen molar-refractivity contribution in [2.24, 2.45) is 0 Å². The number of amides is 1. The maximum Gasteiger partial charge on any atom is 0.247 e. The number of nitrogens with one attached hydrogen (secondary N) is 1. The lowest BCUT2D eigenvalue weighted by Gasteiger charge is -2.37. The highest BCUT2D eigenvalue weighted by Gasteiger charge is 2.29. The number of carbonyl (C=O) groups is 1. The van der Waals surface area contributed by atoms with Gasteiger partial charge in [-0.1, -0.05) is 0 Å². The monoisotopic (exact) mass is 250 g/mol. The number of hydrogen-bond acceptors (Lipinski definition) is 3. The fourth-order valence-corrected chi connectivity index (χ4v) is 2.60. The zero-order valence-electron chi connectivity index (χ0n) is 11.2. The van der Waals surface area contributed by atoms with Gasteiger partial charge in [-0.05, 0) is 39.3 Å². The summed E-state index contributed by atoms with van der Waals surface area (Å²) in [6.07, 6.45) is 6.98. The maximum atomic E-state index is 12.5. The van der Waals surface area contributed by atoms with Crippen molar-refractivity contribution >= 4 is 5.91 Å². The molecule has 1 aliphatic heterocycles. The van der Waals surface area contributed by atoms with Gasteiger partial charge in [-0.3, -0.25) is 9.48 Å². The summed E-state index contributed by atoms with van der Waals surface area (Å²) in [5.74, 6) is 0.179. The van der Waals surface area contributed by atoms with E-state index in [9.17, 15) is 4.79 Å². The minimum absolute atomic E-state index is 0.179. The van der Waals surface area contributed by atoms with E-state index in [0.717, 1.165) is 25.9 Å². The third-order valence-corrected chi connectivity index (χ3v) is 3.63. The third kappa shape index (κ3) is 2.72. The molecule has 2 atom stereocenters. The Morgan fingerprint density at radius 1 is 1.56 bits per heavy atom. The first kappa shape index (κ1) is 13.1. The Bertz CT molecular complexity index is 374. The summed E-state index contributed by atoms with van der Waals surface area (Å²) in [6.45, 7) is 3.66. The highest BCUT2D eigenvalue weighted by Crippen LogP contribution is 2.20. The van der Waals surface area contributed by atoms with E-state index < -0.39 is 0 Å². The number of nitrogens with zero attached hydrogens (tertiary/aromatic N) is 3. The van der Waals surface area contributed by atoms with Gasteiger partial charge >= 0.3 is 0 Å². The van der Waals surface area contributed by atoms with Crippen molar-refractivity contribution in [1.29, 1.82) is 0 Å². The number of likely N-dealkylation sites (N-methyl/N-ethyl adjacent to an activating group) is 1. The SMILES string of the molecule is CNCC1CCCCN1C(=O)C(C)n1cccn1. The molecule has 1 fully saturated rings. The molecule has 18 heavy (non-hydrogen) atoms. The summed E-state index contributed by atoms with van der Waals surface area (Å²) in [7, 11) is 1.94. The van der Waals surface area contributed by atoms with Crippen LogP contribution >= 0.6 is 0 Å². The second-order valence-electron chi connectivity index (χ2n) is 4.90. The lowest BCUT2D eigenvalue weighted by molar-refractivity contribution is -0.138. The molecule has 0 saturated carbocycles. The minimum Gasteiger partial charge on any atom is -0.337 e. The van der Waals surface area contributed by atoms with Crippen LogP contribution in [0.4, 0.5) is 0 Å². The first-order valence-corrected chi connectivity index (χ1v) is 6.68. The maximum absolute atomic E-state index is 12.5. The first-order valence-electron chi connectivity index (χ1n) is 6.68. The molecular formula is C13H22N4O. The lowest BCUT2D eigenvalue weighted by atomic mass is 10.0. The molecular weight excluding hydrogens is 228 g/mol. The van der Waals surface area contributed by atoms with E-state index in [0.29, 0.717) is 6.04 Å². The Kier molecular flexibility index (Phi) is 4.36. The van der Waals surface area contributed by atoms with Gasteiger partial charge in [0.1, 0.15) is 6.04 Å². The second kappa shape index (κ2) is 6.00. The van der Waals surface area contributed by atoms with Crippen LogP contribution in [0.2, 0.25) is 0 Å². The van der Waals surface area contributed by atoms with E-state index in [1.54, 1.807) is 10.9 Å². The molecule has 1 N–H and O–H groups in total. The van der Waals surface area contributed by atoms with Crippen LogP contribution in [-0.2, 0) is 4.79 Å². The van der Waals surface area contributed by atoms with Gasteiger partial charge in [0.2, 0.25) is 5.91 Å². The predicted octanol–water partition coefficient (Wildman–Crippen LogP) is 1.04. The van der Waals surface area contributed by atoms with Gasteiger partial charge in [-0.25, -0.2) is 0 Å². The fourth-order valence-electron chi connectivity index (χ4n) is 2.60. The van der Waals surface area contributed by atoms with Gasteiger partial charge in [0, 0.05) is 31.5 Å². The third-order valence-electron chi connectivity index (χ3n) is 3.63. The minimum atomic E-state index is -0.211. The summed E-state index contributed by atoms with van der Waals surface area (Å²) in [4.78, 5) is 14.5. The van der Waals surface area contributed by atoms with E-state index in [1.807, 2.05) is 31.1 Å². The molecule has 0 spiro atoms. The molecule has 0 radical (unpaired) electrons. The smallest absolute Gasteiger partial charge is 0.247 e. The van der Waals surface area contributed by atoms with Crippen molar-refractivity contribution in [3.8, 4) is 0 Å². The summed E-state index contributed by atoms with van der Waals surface area (Å²) in [6, 6.07) is 1.97. The molecule has 2 heterocycles. The van der Waals surface area contributed by atoms with E-state index in [-0.39, 0.29) is 11.9 Å². The Morgan fingerprint density at radius 2 is 2.39 bits per heavy atom. The zero-order valence-corrected chi connectivity index (χ0v) is 11.2. The highest BCUT2D eigenvalue weighted by molar-refractivity contribution is 5.80. The Labute approximate surface area is 108 Å². The van der Waals surface area contributed by atoms with Crippen LogP contribution in [0.25, 0.3) is 0 Å². The van der Waals surface area contributed by atoms with Gasteiger partial charge in [0.05, 0.1) is 0 Å². The van der Waals surface area contributed by atoms with Crippen molar-refractivity contribution in [1.82, 2.24) is 20.0 Å². The Balaban J connectivity index is 2.06. The summed E-state index contributed by atoms with van der Waals surface area (Å²) in [5, 5.41) is 7.34. The molecule has 5 heteroatoms. The zero-order chi connectivity index (χ0) is 13.0. The van der Waals surface area contributed by atoms with Crippen molar-refractivity contribution in [2.45, 2.75) is 38.3 Å². The number of likely N-dealkylation sites (tertiary alicyclic amines) is 1. The molecule has 1 aliphatic rings. The van der Waals surface area contributed by atoms with Crippen molar-refractivity contribution in [3.05, 3.63) is 18.5 Å². The molecule has 100 valence electrons. The molecule has 0 bridgehead atoms. The highest BCUT2D eigenvalue weighted by atomic mass is 16.2. The molecule has 1 aromatic heterocycles.